The van der Waals surface area contributed by atoms with E-state index >= 15 is 0 Å². The first-order chi connectivity index (χ1) is 6.15. The van der Waals surface area contributed by atoms with Gasteiger partial charge in [-0.2, -0.15) is 0 Å². The Balaban J connectivity index is 2.24. The lowest BCUT2D eigenvalue weighted by Crippen LogP contribution is -2.64. The second-order valence-corrected chi connectivity index (χ2v) is 3.55. The van der Waals surface area contributed by atoms with Gasteiger partial charge in [0.25, 0.3) is 0 Å². The molecule has 1 heterocycles. The second kappa shape index (κ2) is 4.37. The SMILES string of the molecule is CCC(O)CN1CC(OC)(OC)C1. The summed E-state index contributed by atoms with van der Waals surface area (Å²) in [5.41, 5.74) is 0. The first-order valence-electron chi connectivity index (χ1n) is 4.66. The summed E-state index contributed by atoms with van der Waals surface area (Å²) in [4.78, 5) is 2.13. The molecular weight excluding hydrogens is 170 g/mol. The van der Waals surface area contributed by atoms with E-state index in [1.165, 1.54) is 0 Å². The molecule has 78 valence electrons. The average Bonchev–Trinajstić information content (AvgIpc) is 2.10. The van der Waals surface area contributed by atoms with Crippen LogP contribution < -0.4 is 0 Å². The van der Waals surface area contributed by atoms with E-state index in [0.717, 1.165) is 19.5 Å². The van der Waals surface area contributed by atoms with Crippen molar-refractivity contribution in [3.63, 3.8) is 0 Å². The highest BCUT2D eigenvalue weighted by atomic mass is 16.7. The van der Waals surface area contributed by atoms with E-state index in [1.807, 2.05) is 6.92 Å². The smallest absolute Gasteiger partial charge is 0.193 e. The minimum Gasteiger partial charge on any atom is -0.392 e. The number of hydrogen-bond acceptors (Lipinski definition) is 4. The molecule has 0 saturated carbocycles. The number of hydrogen-bond donors (Lipinski definition) is 1. The maximum Gasteiger partial charge on any atom is 0.193 e. The Bertz CT molecular complexity index is 151. The van der Waals surface area contributed by atoms with Crippen molar-refractivity contribution in [2.45, 2.75) is 25.2 Å². The molecule has 4 nitrogen and oxygen atoms in total. The third-order valence-corrected chi connectivity index (χ3v) is 2.61. The van der Waals surface area contributed by atoms with Crippen LogP contribution in [-0.2, 0) is 9.47 Å². The lowest BCUT2D eigenvalue weighted by Gasteiger charge is -2.48. The predicted molar refractivity (Wildman–Crippen MR) is 49.5 cm³/mol. The van der Waals surface area contributed by atoms with E-state index in [1.54, 1.807) is 14.2 Å². The van der Waals surface area contributed by atoms with Crippen LogP contribution in [0.25, 0.3) is 0 Å². The van der Waals surface area contributed by atoms with E-state index in [0.29, 0.717) is 6.54 Å². The van der Waals surface area contributed by atoms with Crippen LogP contribution in [0.1, 0.15) is 13.3 Å². The summed E-state index contributed by atoms with van der Waals surface area (Å²) in [6, 6.07) is 0. The van der Waals surface area contributed by atoms with Crippen LogP contribution in [0.5, 0.6) is 0 Å². The molecule has 0 aromatic carbocycles. The van der Waals surface area contributed by atoms with Gasteiger partial charge in [-0.05, 0) is 6.42 Å². The molecule has 0 spiro atoms. The van der Waals surface area contributed by atoms with Crippen LogP contribution in [-0.4, -0.2) is 55.8 Å². The summed E-state index contributed by atoms with van der Waals surface area (Å²) in [5, 5.41) is 9.39. The van der Waals surface area contributed by atoms with Gasteiger partial charge >= 0.3 is 0 Å². The zero-order chi connectivity index (χ0) is 9.90. The van der Waals surface area contributed by atoms with Crippen LogP contribution in [0.3, 0.4) is 0 Å². The van der Waals surface area contributed by atoms with Gasteiger partial charge in [-0.1, -0.05) is 6.92 Å². The lowest BCUT2D eigenvalue weighted by molar-refractivity contribution is -0.277. The van der Waals surface area contributed by atoms with Gasteiger partial charge in [-0.15, -0.1) is 0 Å². The molecule has 1 atom stereocenters. The number of nitrogens with zero attached hydrogens (tertiary/aromatic N) is 1. The predicted octanol–water partition coefficient (Wildman–Crippen LogP) is 0.0620. The molecule has 1 fully saturated rings. The number of likely N-dealkylation sites (tertiary alicyclic amines) is 1. The number of β-amino-alcohol motifs (C(OH)–C–C–N with tert-alkyl or cyclic N) is 1. The zero-order valence-electron chi connectivity index (χ0n) is 8.62. The van der Waals surface area contributed by atoms with Crippen molar-refractivity contribution in [2.75, 3.05) is 33.9 Å². The molecule has 1 aliphatic heterocycles. The van der Waals surface area contributed by atoms with Gasteiger partial charge < -0.3 is 14.6 Å². The molecule has 0 aromatic rings. The van der Waals surface area contributed by atoms with Crippen LogP contribution in [0.4, 0.5) is 0 Å². The Hall–Kier alpha value is -0.160. The Morgan fingerprint density at radius 3 is 2.31 bits per heavy atom. The normalized spacial score (nSPS) is 24.0. The Morgan fingerprint density at radius 2 is 1.92 bits per heavy atom. The number of aliphatic hydroxyl groups is 1. The van der Waals surface area contributed by atoms with E-state index in [2.05, 4.69) is 4.90 Å². The van der Waals surface area contributed by atoms with Gasteiger partial charge in [0.1, 0.15) is 0 Å². The second-order valence-electron chi connectivity index (χ2n) is 3.55. The summed E-state index contributed by atoms with van der Waals surface area (Å²) < 4.78 is 10.4. The van der Waals surface area contributed by atoms with E-state index in [9.17, 15) is 5.11 Å². The van der Waals surface area contributed by atoms with Crippen molar-refractivity contribution in [3.05, 3.63) is 0 Å². The Morgan fingerprint density at radius 1 is 1.38 bits per heavy atom. The highest BCUT2D eigenvalue weighted by molar-refractivity contribution is 4.89. The summed E-state index contributed by atoms with van der Waals surface area (Å²) in [6.45, 7) is 4.18. The van der Waals surface area contributed by atoms with E-state index in [-0.39, 0.29) is 6.10 Å². The molecule has 1 N–H and O–H groups in total. The molecule has 0 aliphatic carbocycles. The fourth-order valence-corrected chi connectivity index (χ4v) is 1.53. The maximum absolute atomic E-state index is 9.39. The quantitative estimate of drug-likeness (QED) is 0.621. The molecule has 0 bridgehead atoms. The topological polar surface area (TPSA) is 41.9 Å². The average molecular weight is 189 g/mol. The van der Waals surface area contributed by atoms with Crippen molar-refractivity contribution < 1.29 is 14.6 Å². The lowest BCUT2D eigenvalue weighted by atomic mass is 10.1. The van der Waals surface area contributed by atoms with Gasteiger partial charge in [-0.3, -0.25) is 4.90 Å². The molecular formula is C9H19NO3. The zero-order valence-corrected chi connectivity index (χ0v) is 8.62. The summed E-state index contributed by atoms with van der Waals surface area (Å²) in [5.74, 6) is -0.423. The molecule has 4 heteroatoms. The van der Waals surface area contributed by atoms with Crippen LogP contribution >= 0.6 is 0 Å². The van der Waals surface area contributed by atoms with Crippen LogP contribution in [0, 0.1) is 0 Å². The fraction of sp³-hybridized carbons (Fsp3) is 1.00. The minimum absolute atomic E-state index is 0.230. The molecule has 1 saturated heterocycles. The van der Waals surface area contributed by atoms with Gasteiger partial charge in [-0.25, -0.2) is 0 Å². The molecule has 0 radical (unpaired) electrons. The number of rotatable bonds is 5. The standard InChI is InChI=1S/C9H19NO3/c1-4-8(11)5-10-6-9(7-10,12-2)13-3/h8,11H,4-7H2,1-3H3. The fourth-order valence-electron chi connectivity index (χ4n) is 1.53. The van der Waals surface area contributed by atoms with Gasteiger partial charge in [0.2, 0.25) is 0 Å². The van der Waals surface area contributed by atoms with Gasteiger partial charge in [0.05, 0.1) is 19.2 Å². The van der Waals surface area contributed by atoms with Crippen LogP contribution in [0.2, 0.25) is 0 Å². The third-order valence-electron chi connectivity index (χ3n) is 2.61. The largest absolute Gasteiger partial charge is 0.392 e. The molecule has 13 heavy (non-hydrogen) atoms. The van der Waals surface area contributed by atoms with Crippen LogP contribution in [0.15, 0.2) is 0 Å². The van der Waals surface area contributed by atoms with Gasteiger partial charge in [0.15, 0.2) is 5.79 Å². The molecule has 1 aliphatic rings. The minimum atomic E-state index is -0.423. The van der Waals surface area contributed by atoms with Gasteiger partial charge in [0, 0.05) is 20.8 Å². The monoisotopic (exact) mass is 189 g/mol. The summed E-state index contributed by atoms with van der Waals surface area (Å²) >= 11 is 0. The molecule has 0 amide bonds. The Kier molecular flexibility index (Phi) is 3.67. The summed E-state index contributed by atoms with van der Waals surface area (Å²) in [6.07, 6.45) is 0.565. The van der Waals surface area contributed by atoms with E-state index in [4.69, 9.17) is 9.47 Å². The highest BCUT2D eigenvalue weighted by Gasteiger charge is 2.43. The number of aliphatic hydroxyl groups excluding tert-OH is 1. The molecule has 1 rings (SSSR count). The van der Waals surface area contributed by atoms with Crippen molar-refractivity contribution in [1.82, 2.24) is 4.90 Å². The number of methoxy groups -OCH3 is 2. The number of ether oxygens (including phenoxy) is 2. The maximum atomic E-state index is 9.39. The Labute approximate surface area is 79.4 Å². The third kappa shape index (κ3) is 2.40. The highest BCUT2D eigenvalue weighted by Crippen LogP contribution is 2.25. The first kappa shape index (κ1) is 10.9. The van der Waals surface area contributed by atoms with E-state index < -0.39 is 5.79 Å². The van der Waals surface area contributed by atoms with Crippen molar-refractivity contribution in [2.24, 2.45) is 0 Å². The summed E-state index contributed by atoms with van der Waals surface area (Å²) in [7, 11) is 3.30. The van der Waals surface area contributed by atoms with Crippen molar-refractivity contribution >= 4 is 0 Å². The first-order valence-corrected chi connectivity index (χ1v) is 4.66. The van der Waals surface area contributed by atoms with Crippen molar-refractivity contribution in [1.29, 1.82) is 0 Å². The molecule has 1 unspecified atom stereocenters. The molecule has 0 aromatic heterocycles. The van der Waals surface area contributed by atoms with Crippen molar-refractivity contribution in [3.8, 4) is 0 Å².